The molecular weight excluding hydrogens is 398 g/mol. The van der Waals surface area contributed by atoms with E-state index in [-0.39, 0.29) is 0 Å². The maximum atomic E-state index is 5.83. The summed E-state index contributed by atoms with van der Waals surface area (Å²) < 4.78 is 13.6. The van der Waals surface area contributed by atoms with E-state index in [1.807, 2.05) is 30.3 Å². The molecule has 0 saturated heterocycles. The third kappa shape index (κ3) is 3.52. The number of rotatable bonds is 3. The van der Waals surface area contributed by atoms with Crippen molar-refractivity contribution in [1.82, 2.24) is 0 Å². The van der Waals surface area contributed by atoms with E-state index in [1.165, 1.54) is 0 Å². The fraction of sp³-hybridized carbons (Fsp3) is 0.250. The minimum absolute atomic E-state index is 0.687. The molecule has 1 aliphatic heterocycles. The Morgan fingerprint density at radius 3 is 2.76 bits per heavy atom. The summed E-state index contributed by atoms with van der Waals surface area (Å²) in [5, 5.41) is 3.42. The molecule has 0 saturated carbocycles. The average molecular weight is 413 g/mol. The third-order valence-corrected chi connectivity index (χ3v) is 4.40. The number of ether oxygens (including phenoxy) is 2. The van der Waals surface area contributed by atoms with Crippen molar-refractivity contribution in [3.8, 4) is 11.5 Å². The normalized spacial score (nSPS) is 13.6. The molecule has 1 N–H and O–H groups in total. The van der Waals surface area contributed by atoms with Gasteiger partial charge in [-0.25, -0.2) is 0 Å². The second-order valence-corrected chi connectivity index (χ2v) is 6.54. The lowest BCUT2D eigenvalue weighted by Crippen LogP contribution is -2.04. The number of halogens is 2. The predicted molar refractivity (Wildman–Crippen MR) is 91.2 cm³/mol. The van der Waals surface area contributed by atoms with Gasteiger partial charge in [-0.3, -0.25) is 0 Å². The van der Waals surface area contributed by atoms with Gasteiger partial charge in [0.25, 0.3) is 0 Å². The maximum Gasteiger partial charge on any atom is 0.166 e. The van der Waals surface area contributed by atoms with Gasteiger partial charge in [0.2, 0.25) is 0 Å². The Morgan fingerprint density at radius 1 is 1.05 bits per heavy atom. The van der Waals surface area contributed by atoms with Crippen LogP contribution in [0.15, 0.2) is 45.3 Å². The van der Waals surface area contributed by atoms with Crippen LogP contribution in [-0.4, -0.2) is 13.2 Å². The van der Waals surface area contributed by atoms with Gasteiger partial charge in [0, 0.05) is 33.2 Å². The van der Waals surface area contributed by atoms with Crippen molar-refractivity contribution >= 4 is 37.5 Å². The van der Waals surface area contributed by atoms with Crippen molar-refractivity contribution in [1.29, 1.82) is 0 Å². The zero-order valence-corrected chi connectivity index (χ0v) is 14.5. The van der Waals surface area contributed by atoms with Crippen LogP contribution < -0.4 is 14.8 Å². The molecule has 0 amide bonds. The van der Waals surface area contributed by atoms with Gasteiger partial charge >= 0.3 is 0 Å². The molecule has 0 bridgehead atoms. The Balaban J connectivity index is 1.79. The zero-order chi connectivity index (χ0) is 14.7. The number of benzene rings is 2. The molecule has 3 rings (SSSR count). The second kappa shape index (κ2) is 6.71. The van der Waals surface area contributed by atoms with E-state index in [2.05, 4.69) is 43.2 Å². The number of hydrogen-bond donors (Lipinski definition) is 1. The highest BCUT2D eigenvalue weighted by Gasteiger charge is 2.14. The molecule has 3 nitrogen and oxygen atoms in total. The molecule has 0 unspecified atom stereocenters. The van der Waals surface area contributed by atoms with Crippen LogP contribution in [0.2, 0.25) is 0 Å². The molecule has 1 aliphatic rings. The van der Waals surface area contributed by atoms with E-state index in [0.29, 0.717) is 19.8 Å². The van der Waals surface area contributed by atoms with Crippen LogP contribution in [0.1, 0.15) is 12.0 Å². The Bertz CT molecular complexity index is 646. The molecule has 0 spiro atoms. The molecule has 21 heavy (non-hydrogen) atoms. The molecule has 2 aromatic carbocycles. The van der Waals surface area contributed by atoms with Gasteiger partial charge in [0.1, 0.15) is 0 Å². The molecule has 5 heteroatoms. The maximum absolute atomic E-state index is 5.83. The molecule has 0 aliphatic carbocycles. The number of nitrogens with one attached hydrogen (secondary N) is 1. The second-order valence-electron chi connectivity index (χ2n) is 4.77. The van der Waals surface area contributed by atoms with E-state index in [1.54, 1.807) is 0 Å². The molecule has 2 aromatic rings. The Kier molecular flexibility index (Phi) is 4.70. The summed E-state index contributed by atoms with van der Waals surface area (Å²) in [6.45, 7) is 2.10. The van der Waals surface area contributed by atoms with Crippen LogP contribution in [0.25, 0.3) is 0 Å². The third-order valence-electron chi connectivity index (χ3n) is 3.25. The highest BCUT2D eigenvalue weighted by Crippen LogP contribution is 2.34. The standard InChI is InChI=1S/C16H15Br2NO2/c17-12-5-6-14(13(18)9-12)19-10-11-3-1-4-15-16(11)21-8-2-7-20-15/h1,3-6,9,19H,2,7-8,10H2. The van der Waals surface area contributed by atoms with Gasteiger partial charge < -0.3 is 14.8 Å². The van der Waals surface area contributed by atoms with E-state index in [0.717, 1.165) is 38.1 Å². The van der Waals surface area contributed by atoms with Gasteiger partial charge in [-0.15, -0.1) is 0 Å². The Morgan fingerprint density at radius 2 is 1.90 bits per heavy atom. The van der Waals surface area contributed by atoms with Crippen LogP contribution in [0.5, 0.6) is 11.5 Å². The summed E-state index contributed by atoms with van der Waals surface area (Å²) in [5.41, 5.74) is 2.15. The Hall–Kier alpha value is -1.20. The monoisotopic (exact) mass is 411 g/mol. The SMILES string of the molecule is Brc1ccc(NCc2cccc3c2OCCCO3)c(Br)c1. The van der Waals surface area contributed by atoms with Gasteiger partial charge in [0.15, 0.2) is 11.5 Å². The first-order chi connectivity index (χ1) is 10.2. The van der Waals surface area contributed by atoms with E-state index >= 15 is 0 Å². The minimum Gasteiger partial charge on any atom is -0.490 e. The highest BCUT2D eigenvalue weighted by atomic mass is 79.9. The molecule has 1 heterocycles. The summed E-state index contributed by atoms with van der Waals surface area (Å²) in [7, 11) is 0. The molecule has 110 valence electrons. The Labute approximate surface area is 140 Å². The first kappa shape index (κ1) is 14.7. The number of anilines is 1. The quantitative estimate of drug-likeness (QED) is 0.770. The van der Waals surface area contributed by atoms with E-state index < -0.39 is 0 Å². The zero-order valence-electron chi connectivity index (χ0n) is 11.4. The molecular formula is C16H15Br2NO2. The summed E-state index contributed by atoms with van der Waals surface area (Å²) >= 11 is 7.02. The summed E-state index contributed by atoms with van der Waals surface area (Å²) in [4.78, 5) is 0. The lowest BCUT2D eigenvalue weighted by Gasteiger charge is -2.14. The van der Waals surface area contributed by atoms with Crippen LogP contribution in [-0.2, 0) is 6.54 Å². The predicted octanol–water partition coefficient (Wildman–Crippen LogP) is 4.99. The van der Waals surface area contributed by atoms with E-state index in [9.17, 15) is 0 Å². The number of fused-ring (bicyclic) bond motifs is 1. The van der Waals surface area contributed by atoms with Gasteiger partial charge in [-0.2, -0.15) is 0 Å². The summed E-state index contributed by atoms with van der Waals surface area (Å²) in [6, 6.07) is 12.1. The van der Waals surface area contributed by atoms with Crippen molar-refractivity contribution in [2.75, 3.05) is 18.5 Å². The lowest BCUT2D eigenvalue weighted by atomic mass is 10.1. The minimum atomic E-state index is 0.687. The molecule has 0 radical (unpaired) electrons. The van der Waals surface area contributed by atoms with Gasteiger partial charge in [-0.1, -0.05) is 28.1 Å². The van der Waals surface area contributed by atoms with Crippen molar-refractivity contribution < 1.29 is 9.47 Å². The van der Waals surface area contributed by atoms with Crippen LogP contribution in [0, 0.1) is 0 Å². The van der Waals surface area contributed by atoms with Gasteiger partial charge in [0.05, 0.1) is 13.2 Å². The van der Waals surface area contributed by atoms with Crippen molar-refractivity contribution in [3.05, 3.63) is 50.9 Å². The average Bonchev–Trinajstić information content (AvgIpc) is 2.72. The smallest absolute Gasteiger partial charge is 0.166 e. The fourth-order valence-corrected chi connectivity index (χ4v) is 3.40. The van der Waals surface area contributed by atoms with Crippen LogP contribution >= 0.6 is 31.9 Å². The molecule has 0 atom stereocenters. The topological polar surface area (TPSA) is 30.5 Å². The van der Waals surface area contributed by atoms with Gasteiger partial charge in [-0.05, 0) is 40.2 Å². The van der Waals surface area contributed by atoms with Crippen molar-refractivity contribution in [3.63, 3.8) is 0 Å². The number of para-hydroxylation sites is 1. The lowest BCUT2D eigenvalue weighted by molar-refractivity contribution is 0.296. The summed E-state index contributed by atoms with van der Waals surface area (Å²) in [5.74, 6) is 1.69. The fourth-order valence-electron chi connectivity index (χ4n) is 2.22. The number of hydrogen-bond acceptors (Lipinski definition) is 3. The highest BCUT2D eigenvalue weighted by molar-refractivity contribution is 9.11. The van der Waals surface area contributed by atoms with E-state index in [4.69, 9.17) is 9.47 Å². The first-order valence-corrected chi connectivity index (χ1v) is 8.39. The first-order valence-electron chi connectivity index (χ1n) is 6.80. The van der Waals surface area contributed by atoms with Crippen LogP contribution in [0.3, 0.4) is 0 Å². The summed E-state index contributed by atoms with van der Waals surface area (Å²) in [6.07, 6.45) is 0.916. The van der Waals surface area contributed by atoms with Crippen LogP contribution in [0.4, 0.5) is 5.69 Å². The molecule has 0 fully saturated rings. The van der Waals surface area contributed by atoms with Crippen molar-refractivity contribution in [2.24, 2.45) is 0 Å². The largest absolute Gasteiger partial charge is 0.490 e. The van der Waals surface area contributed by atoms with Crippen molar-refractivity contribution in [2.45, 2.75) is 13.0 Å². The molecule has 0 aromatic heterocycles.